The zero-order valence-electron chi connectivity index (χ0n) is 12.6. The number of hydrogen-bond acceptors (Lipinski definition) is 2. The molecule has 3 heteroatoms. The fourth-order valence-electron chi connectivity index (χ4n) is 2.80. The van der Waals surface area contributed by atoms with Gasteiger partial charge in [-0.2, -0.15) is 0 Å². The molecule has 2 N–H and O–H groups in total. The maximum atomic E-state index is 5.79. The van der Waals surface area contributed by atoms with Crippen molar-refractivity contribution in [1.82, 2.24) is 9.38 Å². The second-order valence-electron chi connectivity index (χ2n) is 5.64. The Labute approximate surface area is 125 Å². The summed E-state index contributed by atoms with van der Waals surface area (Å²) in [6.07, 6.45) is 3.81. The molecule has 2 aromatic heterocycles. The highest BCUT2D eigenvalue weighted by Crippen LogP contribution is 2.18. The second-order valence-corrected chi connectivity index (χ2v) is 5.64. The molecule has 2 heterocycles. The van der Waals surface area contributed by atoms with Gasteiger partial charge in [0.15, 0.2) is 0 Å². The summed E-state index contributed by atoms with van der Waals surface area (Å²) in [6.45, 7) is 4.86. The Morgan fingerprint density at radius 2 is 1.90 bits per heavy atom. The van der Waals surface area contributed by atoms with E-state index in [1.165, 1.54) is 22.4 Å². The van der Waals surface area contributed by atoms with Crippen LogP contribution in [0.4, 0.5) is 0 Å². The molecular formula is C18H21N3. The van der Waals surface area contributed by atoms with E-state index < -0.39 is 0 Å². The van der Waals surface area contributed by atoms with Crippen molar-refractivity contribution in [2.75, 3.05) is 6.54 Å². The number of nitrogens with zero attached hydrogens (tertiary/aromatic N) is 2. The van der Waals surface area contributed by atoms with E-state index in [1.807, 2.05) is 0 Å². The van der Waals surface area contributed by atoms with Crippen molar-refractivity contribution in [1.29, 1.82) is 0 Å². The lowest BCUT2D eigenvalue weighted by Crippen LogP contribution is -2.07. The highest BCUT2D eigenvalue weighted by molar-refractivity contribution is 5.46. The molecule has 0 atom stereocenters. The number of aryl methyl sites for hydroxylation is 2. The third-order valence-electron chi connectivity index (χ3n) is 3.80. The van der Waals surface area contributed by atoms with Gasteiger partial charge in [0.05, 0.1) is 5.69 Å². The molecule has 0 bridgehead atoms. The number of imidazole rings is 1. The van der Waals surface area contributed by atoms with Crippen LogP contribution >= 0.6 is 0 Å². The molecule has 0 aliphatic rings. The third-order valence-corrected chi connectivity index (χ3v) is 3.80. The van der Waals surface area contributed by atoms with Gasteiger partial charge in [-0.1, -0.05) is 29.8 Å². The third kappa shape index (κ3) is 2.83. The van der Waals surface area contributed by atoms with Gasteiger partial charge < -0.3 is 10.1 Å². The lowest BCUT2D eigenvalue weighted by atomic mass is 10.1. The summed E-state index contributed by atoms with van der Waals surface area (Å²) >= 11 is 0. The summed E-state index contributed by atoms with van der Waals surface area (Å²) < 4.78 is 2.17. The van der Waals surface area contributed by atoms with Crippen molar-refractivity contribution < 1.29 is 0 Å². The monoisotopic (exact) mass is 279 g/mol. The molecule has 0 saturated carbocycles. The molecule has 0 saturated heterocycles. The molecule has 1 aromatic carbocycles. The highest BCUT2D eigenvalue weighted by Gasteiger charge is 2.12. The van der Waals surface area contributed by atoms with E-state index >= 15 is 0 Å². The van der Waals surface area contributed by atoms with Crippen LogP contribution in [0, 0.1) is 13.8 Å². The Kier molecular flexibility index (Phi) is 3.76. The van der Waals surface area contributed by atoms with Gasteiger partial charge in [-0.15, -0.1) is 0 Å². The number of aromatic nitrogens is 2. The number of pyridine rings is 1. The van der Waals surface area contributed by atoms with E-state index in [-0.39, 0.29) is 0 Å². The molecule has 3 nitrogen and oxygen atoms in total. The Morgan fingerprint density at radius 3 is 2.67 bits per heavy atom. The summed E-state index contributed by atoms with van der Waals surface area (Å²) in [5.74, 6) is 0. The van der Waals surface area contributed by atoms with Gasteiger partial charge in [-0.05, 0) is 43.7 Å². The van der Waals surface area contributed by atoms with Crippen molar-refractivity contribution in [3.63, 3.8) is 0 Å². The van der Waals surface area contributed by atoms with Gasteiger partial charge in [0, 0.05) is 24.7 Å². The SMILES string of the molecule is Cc1cccc(Cc2nc3cc(C)ccn3c2CCN)c1. The molecular weight excluding hydrogens is 258 g/mol. The Morgan fingerprint density at radius 1 is 1.10 bits per heavy atom. The lowest BCUT2D eigenvalue weighted by Gasteiger charge is -2.05. The van der Waals surface area contributed by atoms with Crippen LogP contribution in [0.3, 0.4) is 0 Å². The quantitative estimate of drug-likeness (QED) is 0.797. The molecule has 0 aliphatic carbocycles. The fraction of sp³-hybridized carbons (Fsp3) is 0.278. The van der Waals surface area contributed by atoms with Crippen LogP contribution in [-0.2, 0) is 12.8 Å². The van der Waals surface area contributed by atoms with E-state index in [0.717, 1.165) is 24.2 Å². The van der Waals surface area contributed by atoms with Crippen molar-refractivity contribution in [2.45, 2.75) is 26.7 Å². The van der Waals surface area contributed by atoms with Crippen LogP contribution in [0.1, 0.15) is 28.1 Å². The number of rotatable bonds is 4. The summed E-state index contributed by atoms with van der Waals surface area (Å²) in [5.41, 5.74) is 13.0. The van der Waals surface area contributed by atoms with Crippen molar-refractivity contribution in [3.8, 4) is 0 Å². The second kappa shape index (κ2) is 5.70. The minimum absolute atomic E-state index is 0.641. The van der Waals surface area contributed by atoms with Gasteiger partial charge >= 0.3 is 0 Å². The molecule has 3 rings (SSSR count). The Bertz CT molecular complexity index is 771. The largest absolute Gasteiger partial charge is 0.330 e. The highest BCUT2D eigenvalue weighted by atomic mass is 15.0. The Hall–Kier alpha value is -2.13. The van der Waals surface area contributed by atoms with Gasteiger partial charge in [0.2, 0.25) is 0 Å². The minimum Gasteiger partial charge on any atom is -0.330 e. The average Bonchev–Trinajstić information content (AvgIpc) is 2.76. The van der Waals surface area contributed by atoms with Crippen LogP contribution in [0.15, 0.2) is 42.6 Å². The zero-order chi connectivity index (χ0) is 14.8. The van der Waals surface area contributed by atoms with Crippen LogP contribution in [0.2, 0.25) is 0 Å². The number of nitrogens with two attached hydrogens (primary N) is 1. The first-order valence-corrected chi connectivity index (χ1v) is 7.39. The predicted molar refractivity (Wildman–Crippen MR) is 86.7 cm³/mol. The summed E-state index contributed by atoms with van der Waals surface area (Å²) in [6, 6.07) is 12.9. The van der Waals surface area contributed by atoms with E-state index in [0.29, 0.717) is 6.54 Å². The van der Waals surface area contributed by atoms with Gasteiger partial charge in [0.25, 0.3) is 0 Å². The minimum atomic E-state index is 0.641. The zero-order valence-corrected chi connectivity index (χ0v) is 12.6. The summed E-state index contributed by atoms with van der Waals surface area (Å²) in [7, 11) is 0. The van der Waals surface area contributed by atoms with E-state index in [9.17, 15) is 0 Å². The van der Waals surface area contributed by atoms with Crippen LogP contribution in [0.25, 0.3) is 5.65 Å². The van der Waals surface area contributed by atoms with Crippen LogP contribution in [-0.4, -0.2) is 15.9 Å². The maximum Gasteiger partial charge on any atom is 0.137 e. The molecule has 0 amide bonds. The first-order valence-electron chi connectivity index (χ1n) is 7.39. The van der Waals surface area contributed by atoms with E-state index in [1.54, 1.807) is 0 Å². The fourth-order valence-corrected chi connectivity index (χ4v) is 2.80. The molecule has 0 fully saturated rings. The molecule has 0 spiro atoms. The van der Waals surface area contributed by atoms with E-state index in [2.05, 4.69) is 60.8 Å². The summed E-state index contributed by atoms with van der Waals surface area (Å²) in [5, 5.41) is 0. The van der Waals surface area contributed by atoms with Crippen molar-refractivity contribution in [3.05, 3.63) is 70.7 Å². The molecule has 0 aliphatic heterocycles. The smallest absolute Gasteiger partial charge is 0.137 e. The average molecular weight is 279 g/mol. The van der Waals surface area contributed by atoms with E-state index in [4.69, 9.17) is 10.7 Å². The topological polar surface area (TPSA) is 43.3 Å². The lowest BCUT2D eigenvalue weighted by molar-refractivity contribution is 0.881. The van der Waals surface area contributed by atoms with Crippen LogP contribution < -0.4 is 5.73 Å². The first kappa shape index (κ1) is 13.8. The molecule has 108 valence electrons. The van der Waals surface area contributed by atoms with Crippen molar-refractivity contribution in [2.24, 2.45) is 5.73 Å². The molecule has 0 radical (unpaired) electrons. The predicted octanol–water partition coefficient (Wildman–Crippen LogP) is 3.04. The Balaban J connectivity index is 2.06. The van der Waals surface area contributed by atoms with Gasteiger partial charge in [-0.25, -0.2) is 4.98 Å². The number of hydrogen-bond donors (Lipinski definition) is 1. The normalized spacial score (nSPS) is 11.2. The number of fused-ring (bicyclic) bond motifs is 1. The van der Waals surface area contributed by atoms with Gasteiger partial charge in [0.1, 0.15) is 5.65 Å². The standard InChI is InChI=1S/C18H21N3/c1-13-4-3-5-15(10-13)12-16-17(6-8-19)21-9-7-14(2)11-18(21)20-16/h3-5,7,9-11H,6,8,12,19H2,1-2H3. The number of benzene rings is 1. The molecule has 21 heavy (non-hydrogen) atoms. The van der Waals surface area contributed by atoms with Crippen LogP contribution in [0.5, 0.6) is 0 Å². The molecule has 3 aromatic rings. The summed E-state index contributed by atoms with van der Waals surface area (Å²) in [4.78, 5) is 4.82. The molecule has 0 unspecified atom stereocenters. The van der Waals surface area contributed by atoms with Crippen molar-refractivity contribution >= 4 is 5.65 Å². The van der Waals surface area contributed by atoms with Gasteiger partial charge in [-0.3, -0.25) is 0 Å². The first-order chi connectivity index (χ1) is 10.2. The maximum absolute atomic E-state index is 5.79.